The van der Waals surface area contributed by atoms with Crippen molar-refractivity contribution in [3.8, 4) is 0 Å². The highest BCUT2D eigenvalue weighted by Crippen LogP contribution is 2.39. The van der Waals surface area contributed by atoms with Crippen molar-refractivity contribution in [2.45, 2.75) is 45.0 Å². The zero-order chi connectivity index (χ0) is 8.01. The van der Waals surface area contributed by atoms with Crippen LogP contribution < -0.4 is 0 Å². The van der Waals surface area contributed by atoms with E-state index in [-0.39, 0.29) is 12.2 Å². The number of ether oxygens (including phenoxy) is 1. The third-order valence-corrected chi connectivity index (χ3v) is 3.12. The molecule has 0 aromatic heterocycles. The Morgan fingerprint density at radius 3 is 2.64 bits per heavy atom. The Hall–Kier alpha value is -0.0800. The second-order valence-corrected chi connectivity index (χ2v) is 4.13. The lowest BCUT2D eigenvalue weighted by Crippen LogP contribution is -2.34. The predicted molar refractivity (Wildman–Crippen MR) is 42.2 cm³/mol. The van der Waals surface area contributed by atoms with E-state index in [1.165, 1.54) is 6.42 Å². The molecular weight excluding hydrogens is 140 g/mol. The third-order valence-electron chi connectivity index (χ3n) is 3.12. The molecular formula is C9H16O2. The second-order valence-electron chi connectivity index (χ2n) is 4.13. The lowest BCUT2D eigenvalue weighted by molar-refractivity contribution is -0.0772. The standard InChI is InChI=1S/C9H16O2/c1-5-3-6(2)9-7(10)4-8(5)11-9/h5-10H,3-4H2,1-2H3/t5-,6+,7+,8-,9-/m0/s1. The van der Waals surface area contributed by atoms with Gasteiger partial charge in [-0.25, -0.2) is 0 Å². The molecule has 2 nitrogen and oxygen atoms in total. The fourth-order valence-electron chi connectivity index (χ4n) is 2.47. The number of fused-ring (bicyclic) bond motifs is 2. The third kappa shape index (κ3) is 1.09. The molecule has 2 bridgehead atoms. The monoisotopic (exact) mass is 156 g/mol. The Kier molecular flexibility index (Phi) is 1.69. The Labute approximate surface area is 67.6 Å². The van der Waals surface area contributed by atoms with Crippen molar-refractivity contribution in [3.63, 3.8) is 0 Å². The minimum Gasteiger partial charge on any atom is -0.390 e. The van der Waals surface area contributed by atoms with Crippen molar-refractivity contribution >= 4 is 0 Å². The summed E-state index contributed by atoms with van der Waals surface area (Å²) in [6.07, 6.45) is 2.35. The van der Waals surface area contributed by atoms with Crippen molar-refractivity contribution in [1.29, 1.82) is 0 Å². The quantitative estimate of drug-likeness (QED) is 0.570. The summed E-state index contributed by atoms with van der Waals surface area (Å²) in [5.41, 5.74) is 0. The summed E-state index contributed by atoms with van der Waals surface area (Å²) >= 11 is 0. The number of hydrogen-bond donors (Lipinski definition) is 1. The fraction of sp³-hybridized carbons (Fsp3) is 1.00. The number of hydrogen-bond acceptors (Lipinski definition) is 2. The molecule has 2 rings (SSSR count). The lowest BCUT2D eigenvalue weighted by Gasteiger charge is -2.31. The van der Waals surface area contributed by atoms with Gasteiger partial charge in [-0.3, -0.25) is 0 Å². The highest BCUT2D eigenvalue weighted by Gasteiger charge is 2.44. The zero-order valence-corrected chi connectivity index (χ0v) is 7.16. The molecule has 11 heavy (non-hydrogen) atoms. The average Bonchev–Trinajstić information content (AvgIpc) is 2.26. The SMILES string of the molecule is C[C@@H]1C[C@H](C)[C@@H]2C[C@@H](O)[C@H]1O2. The summed E-state index contributed by atoms with van der Waals surface area (Å²) in [4.78, 5) is 0. The first-order valence-electron chi connectivity index (χ1n) is 4.52. The van der Waals surface area contributed by atoms with Crippen LogP contribution >= 0.6 is 0 Å². The topological polar surface area (TPSA) is 29.5 Å². The van der Waals surface area contributed by atoms with Crippen molar-refractivity contribution in [2.75, 3.05) is 0 Å². The van der Waals surface area contributed by atoms with E-state index in [9.17, 15) is 5.11 Å². The number of aliphatic hydroxyl groups excluding tert-OH is 1. The molecule has 2 aliphatic rings. The van der Waals surface area contributed by atoms with Gasteiger partial charge in [0.15, 0.2) is 0 Å². The van der Waals surface area contributed by atoms with E-state index in [1.54, 1.807) is 0 Å². The van der Waals surface area contributed by atoms with Crippen LogP contribution in [0.2, 0.25) is 0 Å². The Bertz CT molecular complexity index is 156. The first-order chi connectivity index (χ1) is 5.18. The minimum atomic E-state index is -0.194. The van der Waals surface area contributed by atoms with Gasteiger partial charge >= 0.3 is 0 Å². The van der Waals surface area contributed by atoms with Gasteiger partial charge in [-0.05, 0) is 18.3 Å². The van der Waals surface area contributed by atoms with Crippen LogP contribution in [0.4, 0.5) is 0 Å². The Morgan fingerprint density at radius 2 is 1.91 bits per heavy atom. The van der Waals surface area contributed by atoms with Crippen LogP contribution in [0.5, 0.6) is 0 Å². The molecule has 0 radical (unpaired) electrons. The van der Waals surface area contributed by atoms with E-state index in [1.807, 2.05) is 0 Å². The largest absolute Gasteiger partial charge is 0.390 e. The summed E-state index contributed by atoms with van der Waals surface area (Å²) in [7, 11) is 0. The van der Waals surface area contributed by atoms with E-state index in [2.05, 4.69) is 13.8 Å². The molecule has 0 amide bonds. The van der Waals surface area contributed by atoms with Gasteiger partial charge in [0.05, 0.1) is 18.3 Å². The van der Waals surface area contributed by atoms with Gasteiger partial charge in [-0.1, -0.05) is 13.8 Å². The molecule has 2 heterocycles. The van der Waals surface area contributed by atoms with E-state index >= 15 is 0 Å². The van der Waals surface area contributed by atoms with Crippen molar-refractivity contribution < 1.29 is 9.84 Å². The second kappa shape index (κ2) is 2.46. The molecule has 1 N–H and O–H groups in total. The summed E-state index contributed by atoms with van der Waals surface area (Å²) in [6.45, 7) is 4.39. The first-order valence-corrected chi connectivity index (χ1v) is 4.52. The van der Waals surface area contributed by atoms with E-state index in [0.717, 1.165) is 6.42 Å². The van der Waals surface area contributed by atoms with Crippen molar-refractivity contribution in [1.82, 2.24) is 0 Å². The summed E-state index contributed by atoms with van der Waals surface area (Å²) in [6, 6.07) is 0. The molecule has 2 aliphatic heterocycles. The van der Waals surface area contributed by atoms with Gasteiger partial charge in [0.25, 0.3) is 0 Å². The van der Waals surface area contributed by atoms with E-state index in [4.69, 9.17) is 4.74 Å². The number of aliphatic hydroxyl groups is 1. The molecule has 0 spiro atoms. The van der Waals surface area contributed by atoms with Crippen molar-refractivity contribution in [3.05, 3.63) is 0 Å². The van der Waals surface area contributed by atoms with E-state index < -0.39 is 0 Å². The molecule has 5 atom stereocenters. The molecule has 2 heteroatoms. The normalized spacial score (nSPS) is 56.5. The smallest absolute Gasteiger partial charge is 0.0864 e. The van der Waals surface area contributed by atoms with Gasteiger partial charge in [0.2, 0.25) is 0 Å². The van der Waals surface area contributed by atoms with Gasteiger partial charge in [0, 0.05) is 6.42 Å². The minimum absolute atomic E-state index is 0.135. The maximum atomic E-state index is 9.56. The molecule has 0 unspecified atom stereocenters. The highest BCUT2D eigenvalue weighted by atomic mass is 16.5. The van der Waals surface area contributed by atoms with Crippen LogP contribution in [0.25, 0.3) is 0 Å². The molecule has 0 aromatic rings. The molecule has 2 fully saturated rings. The molecule has 64 valence electrons. The molecule has 0 aliphatic carbocycles. The first kappa shape index (κ1) is 7.56. The maximum Gasteiger partial charge on any atom is 0.0864 e. The Balaban J connectivity index is 2.13. The highest BCUT2D eigenvalue weighted by molar-refractivity contribution is 4.93. The van der Waals surface area contributed by atoms with Crippen LogP contribution in [-0.2, 0) is 4.74 Å². The predicted octanol–water partition coefficient (Wildman–Crippen LogP) is 1.18. The van der Waals surface area contributed by atoms with Crippen LogP contribution in [0.1, 0.15) is 26.7 Å². The fourth-order valence-corrected chi connectivity index (χ4v) is 2.47. The molecule has 0 saturated carbocycles. The van der Waals surface area contributed by atoms with E-state index in [0.29, 0.717) is 17.9 Å². The van der Waals surface area contributed by atoms with Crippen LogP contribution in [-0.4, -0.2) is 23.4 Å². The van der Waals surface area contributed by atoms with Crippen molar-refractivity contribution in [2.24, 2.45) is 11.8 Å². The Morgan fingerprint density at radius 1 is 1.18 bits per heavy atom. The van der Waals surface area contributed by atoms with Gasteiger partial charge in [-0.15, -0.1) is 0 Å². The number of rotatable bonds is 0. The average molecular weight is 156 g/mol. The van der Waals surface area contributed by atoms with Gasteiger partial charge < -0.3 is 9.84 Å². The summed E-state index contributed by atoms with van der Waals surface area (Å²) in [5.74, 6) is 1.18. The van der Waals surface area contributed by atoms with Gasteiger partial charge in [-0.2, -0.15) is 0 Å². The summed E-state index contributed by atoms with van der Waals surface area (Å²) < 4.78 is 5.68. The summed E-state index contributed by atoms with van der Waals surface area (Å²) in [5, 5.41) is 9.56. The van der Waals surface area contributed by atoms with Crippen LogP contribution in [0.3, 0.4) is 0 Å². The lowest BCUT2D eigenvalue weighted by atomic mass is 9.90. The van der Waals surface area contributed by atoms with Gasteiger partial charge in [0.1, 0.15) is 0 Å². The molecule has 2 saturated heterocycles. The van der Waals surface area contributed by atoms with Crippen LogP contribution in [0.15, 0.2) is 0 Å². The molecule has 0 aromatic carbocycles. The maximum absolute atomic E-state index is 9.56. The zero-order valence-electron chi connectivity index (χ0n) is 7.16. The van der Waals surface area contributed by atoms with Crippen LogP contribution in [0, 0.1) is 11.8 Å².